The van der Waals surface area contributed by atoms with Crippen LogP contribution in [0.25, 0.3) is 0 Å². The van der Waals surface area contributed by atoms with Gasteiger partial charge in [-0.1, -0.05) is 26.7 Å². The number of carbonyl (C=O) groups excluding carboxylic acids is 1. The van der Waals surface area contributed by atoms with Gasteiger partial charge in [-0.3, -0.25) is 9.69 Å². The second-order valence-electron chi connectivity index (χ2n) is 7.14. The Labute approximate surface area is 130 Å². The van der Waals surface area contributed by atoms with E-state index in [1.165, 1.54) is 0 Å². The number of piperazine rings is 1. The number of nitriles is 1. The average Bonchev–Trinajstić information content (AvgIpc) is 2.45. The Balaban J connectivity index is 2.77. The van der Waals surface area contributed by atoms with Crippen LogP contribution in [-0.2, 0) is 4.79 Å². The molecule has 1 saturated heterocycles. The molecule has 0 aromatic rings. The van der Waals surface area contributed by atoms with Crippen LogP contribution in [0.2, 0.25) is 0 Å². The highest BCUT2D eigenvalue weighted by molar-refractivity contribution is 5.85. The minimum absolute atomic E-state index is 0.0576. The Hall–Kier alpha value is -1.08. The highest BCUT2D eigenvalue weighted by atomic mass is 16.2. The van der Waals surface area contributed by atoms with Crippen molar-refractivity contribution in [1.29, 1.82) is 5.26 Å². The molecule has 0 aromatic carbocycles. The minimum Gasteiger partial charge on any atom is -0.339 e. The van der Waals surface area contributed by atoms with Gasteiger partial charge in [0, 0.05) is 31.7 Å². The summed E-state index contributed by atoms with van der Waals surface area (Å²) in [6, 6.07) is 2.35. The van der Waals surface area contributed by atoms with E-state index in [0.29, 0.717) is 12.8 Å². The van der Waals surface area contributed by atoms with Crippen molar-refractivity contribution in [2.45, 2.75) is 65.8 Å². The van der Waals surface area contributed by atoms with Crippen molar-refractivity contribution >= 4 is 5.91 Å². The zero-order valence-corrected chi connectivity index (χ0v) is 14.4. The lowest BCUT2D eigenvalue weighted by Crippen LogP contribution is -2.57. The van der Waals surface area contributed by atoms with E-state index in [9.17, 15) is 10.1 Å². The predicted octanol–water partition coefficient (Wildman–Crippen LogP) is 3.04. The maximum Gasteiger partial charge on any atom is 0.243 e. The lowest BCUT2D eigenvalue weighted by Gasteiger charge is -2.44. The van der Waals surface area contributed by atoms with Crippen molar-refractivity contribution in [3.63, 3.8) is 0 Å². The Morgan fingerprint density at radius 3 is 1.86 bits per heavy atom. The van der Waals surface area contributed by atoms with Crippen LogP contribution in [0.4, 0.5) is 0 Å². The number of hydrogen-bond acceptors (Lipinski definition) is 3. The van der Waals surface area contributed by atoms with E-state index in [1.807, 2.05) is 18.7 Å². The highest BCUT2D eigenvalue weighted by Gasteiger charge is 2.41. The lowest BCUT2D eigenvalue weighted by atomic mass is 9.79. The van der Waals surface area contributed by atoms with Gasteiger partial charge in [0.15, 0.2) is 0 Å². The summed E-state index contributed by atoms with van der Waals surface area (Å²) in [4.78, 5) is 17.2. The first-order valence-corrected chi connectivity index (χ1v) is 8.26. The molecule has 0 atom stereocenters. The van der Waals surface area contributed by atoms with Crippen LogP contribution < -0.4 is 0 Å². The van der Waals surface area contributed by atoms with E-state index < -0.39 is 5.41 Å². The van der Waals surface area contributed by atoms with Gasteiger partial charge in [0.2, 0.25) is 5.91 Å². The van der Waals surface area contributed by atoms with Crippen LogP contribution in [-0.4, -0.2) is 47.4 Å². The first kappa shape index (κ1) is 18.0. The molecule has 1 heterocycles. The first-order valence-electron chi connectivity index (χ1n) is 8.26. The smallest absolute Gasteiger partial charge is 0.243 e. The Kier molecular flexibility index (Phi) is 6.22. The number of rotatable bonds is 5. The number of amides is 1. The fourth-order valence-electron chi connectivity index (χ4n) is 3.24. The molecule has 0 bridgehead atoms. The van der Waals surface area contributed by atoms with Crippen LogP contribution in [0, 0.1) is 16.7 Å². The van der Waals surface area contributed by atoms with E-state index in [1.54, 1.807) is 0 Å². The standard InChI is InChI=1S/C17H31N3O/c1-6-8-17(14-18,9-7-2)15(21)19-10-12-20(13-11-19)16(3,4)5/h6-13H2,1-5H3. The van der Waals surface area contributed by atoms with Gasteiger partial charge in [-0.25, -0.2) is 0 Å². The fourth-order valence-corrected chi connectivity index (χ4v) is 3.24. The lowest BCUT2D eigenvalue weighted by molar-refractivity contribution is -0.142. The van der Waals surface area contributed by atoms with Crippen molar-refractivity contribution in [3.8, 4) is 6.07 Å². The molecule has 1 aliphatic heterocycles. The van der Waals surface area contributed by atoms with Gasteiger partial charge in [-0.15, -0.1) is 0 Å². The van der Waals surface area contributed by atoms with Crippen LogP contribution in [0.1, 0.15) is 60.3 Å². The van der Waals surface area contributed by atoms with Crippen LogP contribution in [0.5, 0.6) is 0 Å². The molecular formula is C17H31N3O. The van der Waals surface area contributed by atoms with E-state index >= 15 is 0 Å². The van der Waals surface area contributed by atoms with E-state index in [-0.39, 0.29) is 11.4 Å². The van der Waals surface area contributed by atoms with Gasteiger partial charge in [0.05, 0.1) is 6.07 Å². The third-order valence-corrected chi connectivity index (χ3v) is 4.49. The molecule has 0 saturated carbocycles. The predicted molar refractivity (Wildman–Crippen MR) is 85.8 cm³/mol. The van der Waals surface area contributed by atoms with Crippen molar-refractivity contribution < 1.29 is 4.79 Å². The van der Waals surface area contributed by atoms with Gasteiger partial charge < -0.3 is 4.90 Å². The first-order chi connectivity index (χ1) is 9.80. The summed E-state index contributed by atoms with van der Waals surface area (Å²) in [7, 11) is 0. The summed E-state index contributed by atoms with van der Waals surface area (Å²) in [6.07, 6.45) is 3.10. The molecule has 1 aliphatic rings. The molecule has 0 aromatic heterocycles. The molecular weight excluding hydrogens is 262 g/mol. The van der Waals surface area contributed by atoms with Gasteiger partial charge in [0.25, 0.3) is 0 Å². The molecule has 1 fully saturated rings. The summed E-state index contributed by atoms with van der Waals surface area (Å²) in [5.41, 5.74) is -0.651. The molecule has 0 unspecified atom stereocenters. The maximum atomic E-state index is 12.9. The SMILES string of the molecule is CCCC(C#N)(CCC)C(=O)N1CCN(C(C)(C)C)CC1. The molecule has 0 aliphatic carbocycles. The zero-order valence-electron chi connectivity index (χ0n) is 14.4. The molecule has 21 heavy (non-hydrogen) atoms. The van der Waals surface area contributed by atoms with E-state index in [2.05, 4.69) is 31.7 Å². The fraction of sp³-hybridized carbons (Fsp3) is 0.882. The zero-order chi connectivity index (χ0) is 16.1. The molecule has 4 heteroatoms. The number of nitrogens with zero attached hydrogens (tertiary/aromatic N) is 3. The van der Waals surface area contributed by atoms with Crippen LogP contribution in [0.3, 0.4) is 0 Å². The summed E-state index contributed by atoms with van der Waals surface area (Å²) in [5.74, 6) is 0.0576. The molecule has 0 radical (unpaired) electrons. The third kappa shape index (κ3) is 4.20. The summed E-state index contributed by atoms with van der Waals surface area (Å²) in [5, 5.41) is 9.61. The molecule has 120 valence electrons. The minimum atomic E-state index is -0.798. The molecule has 1 amide bonds. The summed E-state index contributed by atoms with van der Waals surface area (Å²) < 4.78 is 0. The monoisotopic (exact) mass is 293 g/mol. The Morgan fingerprint density at radius 2 is 1.52 bits per heavy atom. The largest absolute Gasteiger partial charge is 0.339 e. The number of carbonyl (C=O) groups is 1. The Bertz CT molecular complexity index is 378. The second kappa shape index (κ2) is 7.26. The number of hydrogen-bond donors (Lipinski definition) is 0. The van der Waals surface area contributed by atoms with Gasteiger partial charge in [-0.2, -0.15) is 5.26 Å². The third-order valence-electron chi connectivity index (χ3n) is 4.49. The van der Waals surface area contributed by atoms with Gasteiger partial charge >= 0.3 is 0 Å². The summed E-state index contributed by atoms with van der Waals surface area (Å²) >= 11 is 0. The highest BCUT2D eigenvalue weighted by Crippen LogP contribution is 2.32. The van der Waals surface area contributed by atoms with Gasteiger partial charge in [0.1, 0.15) is 5.41 Å². The average molecular weight is 293 g/mol. The van der Waals surface area contributed by atoms with Crippen molar-refractivity contribution in [1.82, 2.24) is 9.80 Å². The maximum absolute atomic E-state index is 12.9. The molecule has 1 rings (SSSR count). The van der Waals surface area contributed by atoms with Crippen LogP contribution >= 0.6 is 0 Å². The Morgan fingerprint density at radius 1 is 1.05 bits per heavy atom. The molecule has 4 nitrogen and oxygen atoms in total. The second-order valence-corrected chi connectivity index (χ2v) is 7.14. The molecule has 0 N–H and O–H groups in total. The molecule has 0 spiro atoms. The van der Waals surface area contributed by atoms with Crippen molar-refractivity contribution in [3.05, 3.63) is 0 Å². The van der Waals surface area contributed by atoms with Crippen molar-refractivity contribution in [2.75, 3.05) is 26.2 Å². The quantitative estimate of drug-likeness (QED) is 0.782. The summed E-state index contributed by atoms with van der Waals surface area (Å²) in [6.45, 7) is 14.0. The van der Waals surface area contributed by atoms with Crippen molar-refractivity contribution in [2.24, 2.45) is 5.41 Å². The van der Waals surface area contributed by atoms with E-state index in [4.69, 9.17) is 0 Å². The normalized spacial score (nSPS) is 17.6. The topological polar surface area (TPSA) is 47.3 Å². The van der Waals surface area contributed by atoms with Crippen LogP contribution in [0.15, 0.2) is 0 Å². The van der Waals surface area contributed by atoms with E-state index in [0.717, 1.165) is 39.0 Å². The van der Waals surface area contributed by atoms with Gasteiger partial charge in [-0.05, 0) is 33.6 Å².